The summed E-state index contributed by atoms with van der Waals surface area (Å²) in [6, 6.07) is 1.83. The maximum absolute atomic E-state index is 10.6. The Bertz CT molecular complexity index is 286. The van der Waals surface area contributed by atoms with Crippen LogP contribution in [0.4, 0.5) is 0 Å². The highest BCUT2D eigenvalue weighted by atomic mass is 16.5. The molecule has 0 saturated heterocycles. The Morgan fingerprint density at radius 1 is 1.73 bits per heavy atom. The largest absolute Gasteiger partial charge is 0.360 e. The second-order valence-electron chi connectivity index (χ2n) is 3.11. The maximum Gasteiger partial charge on any atom is 0.150 e. The fourth-order valence-corrected chi connectivity index (χ4v) is 1.16. The van der Waals surface area contributed by atoms with Crippen molar-refractivity contribution in [3.63, 3.8) is 0 Å². The van der Waals surface area contributed by atoms with Gasteiger partial charge in [-0.2, -0.15) is 0 Å². The number of aromatic nitrogens is 1. The van der Waals surface area contributed by atoms with E-state index in [1.54, 1.807) is 0 Å². The van der Waals surface area contributed by atoms with Gasteiger partial charge in [0, 0.05) is 6.07 Å². The number of aldehydes is 1. The molecular formula is C8H9NO2. The van der Waals surface area contributed by atoms with Gasteiger partial charge in [0.2, 0.25) is 0 Å². The molecule has 2 rings (SSSR count). The third kappa shape index (κ3) is 0.878. The predicted octanol–water partition coefficient (Wildman–Crippen LogP) is 1.21. The molecule has 1 aromatic rings. The second-order valence-corrected chi connectivity index (χ2v) is 3.11. The van der Waals surface area contributed by atoms with Crippen LogP contribution in [0.2, 0.25) is 0 Å². The summed E-state index contributed by atoms with van der Waals surface area (Å²) in [6.07, 6.45) is 2.78. The second kappa shape index (κ2) is 1.94. The Labute approximate surface area is 64.4 Å². The highest BCUT2D eigenvalue weighted by Gasteiger charge is 2.47. The molecule has 3 nitrogen and oxygen atoms in total. The molecule has 0 atom stereocenters. The molecule has 1 aromatic heterocycles. The lowest BCUT2D eigenvalue weighted by Crippen LogP contribution is -2.05. The molecule has 0 unspecified atom stereocenters. The van der Waals surface area contributed by atoms with Gasteiger partial charge in [0.1, 0.15) is 12.0 Å². The molecule has 58 valence electrons. The summed E-state index contributed by atoms with van der Waals surface area (Å²) < 4.78 is 5.00. The quantitative estimate of drug-likeness (QED) is 0.597. The maximum atomic E-state index is 10.6. The van der Waals surface area contributed by atoms with Gasteiger partial charge in [-0.25, -0.2) is 0 Å². The normalized spacial score (nSPS) is 19.7. The number of hydrogen-bond acceptors (Lipinski definition) is 3. The molecule has 1 fully saturated rings. The van der Waals surface area contributed by atoms with Crippen molar-refractivity contribution in [3.05, 3.63) is 17.5 Å². The van der Waals surface area contributed by atoms with E-state index in [2.05, 4.69) is 5.16 Å². The predicted molar refractivity (Wildman–Crippen MR) is 38.2 cm³/mol. The topological polar surface area (TPSA) is 43.1 Å². The Hall–Kier alpha value is -1.12. The van der Waals surface area contributed by atoms with Gasteiger partial charge in [-0.05, 0) is 19.8 Å². The van der Waals surface area contributed by atoms with Crippen molar-refractivity contribution in [2.24, 2.45) is 0 Å². The van der Waals surface area contributed by atoms with Gasteiger partial charge in [0.05, 0.1) is 11.1 Å². The van der Waals surface area contributed by atoms with Gasteiger partial charge in [-0.1, -0.05) is 5.16 Å². The molecule has 0 spiro atoms. The van der Waals surface area contributed by atoms with Gasteiger partial charge in [0.15, 0.2) is 0 Å². The molecule has 0 N–H and O–H groups in total. The van der Waals surface area contributed by atoms with E-state index in [0.717, 1.165) is 30.6 Å². The van der Waals surface area contributed by atoms with E-state index in [4.69, 9.17) is 4.52 Å². The first-order valence-electron chi connectivity index (χ1n) is 3.67. The molecule has 1 heterocycles. The number of nitrogens with zero attached hydrogens (tertiary/aromatic N) is 1. The van der Waals surface area contributed by atoms with Crippen LogP contribution >= 0.6 is 0 Å². The number of carbonyl (C=O) groups is 1. The zero-order valence-electron chi connectivity index (χ0n) is 6.33. The summed E-state index contributed by atoms with van der Waals surface area (Å²) >= 11 is 0. The highest BCUT2D eigenvalue weighted by molar-refractivity contribution is 5.71. The number of rotatable bonds is 2. The van der Waals surface area contributed by atoms with E-state index in [-0.39, 0.29) is 5.41 Å². The first kappa shape index (κ1) is 6.58. The van der Waals surface area contributed by atoms with E-state index in [1.807, 2.05) is 13.0 Å². The van der Waals surface area contributed by atoms with Crippen molar-refractivity contribution in [3.8, 4) is 0 Å². The van der Waals surface area contributed by atoms with E-state index >= 15 is 0 Å². The molecular weight excluding hydrogens is 142 g/mol. The summed E-state index contributed by atoms with van der Waals surface area (Å²) in [7, 11) is 0. The van der Waals surface area contributed by atoms with Gasteiger partial charge >= 0.3 is 0 Å². The van der Waals surface area contributed by atoms with Gasteiger partial charge in [-0.3, -0.25) is 0 Å². The van der Waals surface area contributed by atoms with Crippen LogP contribution in [0.15, 0.2) is 10.6 Å². The van der Waals surface area contributed by atoms with Gasteiger partial charge in [-0.15, -0.1) is 0 Å². The Morgan fingerprint density at radius 3 is 2.82 bits per heavy atom. The zero-order valence-corrected chi connectivity index (χ0v) is 6.33. The smallest absolute Gasteiger partial charge is 0.150 e. The van der Waals surface area contributed by atoms with Crippen LogP contribution < -0.4 is 0 Å². The van der Waals surface area contributed by atoms with Crippen LogP contribution in [-0.4, -0.2) is 11.4 Å². The van der Waals surface area contributed by atoms with Crippen LogP contribution in [0, 0.1) is 6.92 Å². The molecule has 0 radical (unpaired) electrons. The highest BCUT2D eigenvalue weighted by Crippen LogP contribution is 2.46. The number of aryl methyl sites for hydroxylation is 1. The van der Waals surface area contributed by atoms with E-state index < -0.39 is 0 Å². The average molecular weight is 151 g/mol. The van der Waals surface area contributed by atoms with E-state index in [1.165, 1.54) is 0 Å². The minimum absolute atomic E-state index is 0.304. The van der Waals surface area contributed by atoms with Gasteiger partial charge in [0.25, 0.3) is 0 Å². The lowest BCUT2D eigenvalue weighted by atomic mass is 10.1. The minimum atomic E-state index is -0.304. The summed E-state index contributed by atoms with van der Waals surface area (Å²) in [6.45, 7) is 1.86. The fraction of sp³-hybridized carbons (Fsp3) is 0.500. The molecule has 0 bridgehead atoms. The molecule has 0 amide bonds. The van der Waals surface area contributed by atoms with Crippen LogP contribution in [0.25, 0.3) is 0 Å². The summed E-state index contributed by atoms with van der Waals surface area (Å²) in [5.74, 6) is 0.727. The standard InChI is InChI=1S/C8H9NO2/c1-6-4-7(11-9-6)8(5-10)2-3-8/h4-5H,2-3H2,1H3. The first-order valence-corrected chi connectivity index (χ1v) is 3.67. The summed E-state index contributed by atoms with van der Waals surface area (Å²) in [5, 5.41) is 3.74. The number of hydrogen-bond donors (Lipinski definition) is 0. The number of carbonyl (C=O) groups excluding carboxylic acids is 1. The van der Waals surface area contributed by atoms with Crippen molar-refractivity contribution in [1.29, 1.82) is 0 Å². The monoisotopic (exact) mass is 151 g/mol. The molecule has 0 aromatic carbocycles. The van der Waals surface area contributed by atoms with Crippen molar-refractivity contribution in [2.75, 3.05) is 0 Å². The zero-order chi connectivity index (χ0) is 7.90. The third-order valence-corrected chi connectivity index (χ3v) is 2.13. The van der Waals surface area contributed by atoms with Crippen LogP contribution in [-0.2, 0) is 10.2 Å². The van der Waals surface area contributed by atoms with Crippen molar-refractivity contribution >= 4 is 6.29 Å². The van der Waals surface area contributed by atoms with Crippen molar-refractivity contribution in [2.45, 2.75) is 25.2 Å². The Kier molecular flexibility index (Phi) is 1.16. The molecule has 1 aliphatic carbocycles. The molecule has 1 saturated carbocycles. The molecule has 11 heavy (non-hydrogen) atoms. The fourth-order valence-electron chi connectivity index (χ4n) is 1.16. The molecule has 1 aliphatic rings. The SMILES string of the molecule is Cc1cc(C2(C=O)CC2)on1. The third-order valence-electron chi connectivity index (χ3n) is 2.13. The Balaban J connectivity index is 2.36. The lowest BCUT2D eigenvalue weighted by molar-refractivity contribution is -0.110. The molecule has 3 heteroatoms. The Morgan fingerprint density at radius 2 is 2.45 bits per heavy atom. The first-order chi connectivity index (χ1) is 5.27. The lowest BCUT2D eigenvalue weighted by Gasteiger charge is -1.96. The van der Waals surface area contributed by atoms with Gasteiger partial charge < -0.3 is 9.32 Å². The van der Waals surface area contributed by atoms with Crippen LogP contribution in [0.1, 0.15) is 24.3 Å². The van der Waals surface area contributed by atoms with E-state index in [0.29, 0.717) is 0 Å². The van der Waals surface area contributed by atoms with Crippen LogP contribution in [0.3, 0.4) is 0 Å². The van der Waals surface area contributed by atoms with Crippen LogP contribution in [0.5, 0.6) is 0 Å². The summed E-state index contributed by atoms with van der Waals surface area (Å²) in [4.78, 5) is 10.6. The van der Waals surface area contributed by atoms with E-state index in [9.17, 15) is 4.79 Å². The van der Waals surface area contributed by atoms with Crippen molar-refractivity contribution in [1.82, 2.24) is 5.16 Å². The minimum Gasteiger partial charge on any atom is -0.360 e. The summed E-state index contributed by atoms with van der Waals surface area (Å²) in [5.41, 5.74) is 0.537. The van der Waals surface area contributed by atoms with Crippen molar-refractivity contribution < 1.29 is 9.32 Å². The average Bonchev–Trinajstić information content (AvgIpc) is 2.70. The molecule has 0 aliphatic heterocycles.